The van der Waals surface area contributed by atoms with Crippen LogP contribution in [0, 0.1) is 0 Å². The second-order valence-corrected chi connectivity index (χ2v) is 10.7. The molecule has 0 aliphatic rings. The molecular weight excluding hydrogens is 622 g/mol. The zero-order valence-electron chi connectivity index (χ0n) is 16.0. The largest absolute Gasteiger partial charge is 0.378 e. The molecule has 0 amide bonds. The second-order valence-electron chi connectivity index (χ2n) is 7.15. The molecule has 0 saturated heterocycles. The molecule has 0 aromatic rings. The Morgan fingerprint density at radius 2 is 0.857 bits per heavy atom. The van der Waals surface area contributed by atoms with Crippen molar-refractivity contribution in [2.75, 3.05) is 0 Å². The summed E-state index contributed by atoms with van der Waals surface area (Å²) in [5.74, 6) is -22.8. The summed E-state index contributed by atoms with van der Waals surface area (Å²) in [4.78, 5) is 0. The third-order valence-corrected chi connectivity index (χ3v) is 6.64. The van der Waals surface area contributed by atoms with E-state index in [0.29, 0.717) is 25.7 Å². The lowest BCUT2D eigenvalue weighted by molar-refractivity contribution is -0.367. The van der Waals surface area contributed by atoms with Crippen LogP contribution in [0.2, 0.25) is 0 Å². The van der Waals surface area contributed by atoms with E-state index in [4.69, 9.17) is 0 Å². The Kier molecular flexibility index (Phi) is 12.5. The van der Waals surface area contributed by atoms with Gasteiger partial charge in [0.2, 0.25) is 0 Å². The topological polar surface area (TPSA) is 0 Å². The van der Waals surface area contributed by atoms with Crippen molar-refractivity contribution in [3.63, 3.8) is 0 Å². The van der Waals surface area contributed by atoms with Gasteiger partial charge in [0.05, 0.1) is 0 Å². The highest BCUT2D eigenvalue weighted by Gasteiger charge is 2.80. The van der Waals surface area contributed by atoms with Gasteiger partial charge in [-0.05, 0) is 12.8 Å². The first-order chi connectivity index (χ1) is 12.7. The average Bonchev–Trinajstić information content (AvgIpc) is 2.53. The van der Waals surface area contributed by atoms with Crippen LogP contribution in [-0.2, 0) is 0 Å². The third-order valence-electron chi connectivity index (χ3n) is 4.51. The minimum absolute atomic E-state index is 0.134. The van der Waals surface area contributed by atoms with Crippen LogP contribution in [0.15, 0.2) is 0 Å². The molecule has 0 saturated carbocycles. The van der Waals surface area contributed by atoms with Crippen molar-refractivity contribution < 1.29 is 35.1 Å². The highest BCUT2D eigenvalue weighted by molar-refractivity contribution is 14.1. The smallest absolute Gasteiger partial charge is 0.200 e. The molecule has 2 unspecified atom stereocenters. The predicted molar refractivity (Wildman–Crippen MR) is 113 cm³/mol. The number of unbranched alkanes of at least 4 members (excludes halogenated alkanes) is 4. The molecule has 0 fully saturated rings. The molecule has 0 bridgehead atoms. The van der Waals surface area contributed by atoms with Crippen LogP contribution in [0.4, 0.5) is 35.1 Å². The summed E-state index contributed by atoms with van der Waals surface area (Å²) in [5.41, 5.74) is 0. The molecule has 0 heterocycles. The number of hydrogen-bond donors (Lipinski definition) is 0. The quantitative estimate of drug-likeness (QED) is 0.0719. The number of halogens is 10. The average molecular weight is 650 g/mol. The van der Waals surface area contributed by atoms with Crippen LogP contribution in [0.1, 0.15) is 78.1 Å². The molecule has 0 spiro atoms. The Balaban J connectivity index is 5.23. The van der Waals surface area contributed by atoms with Gasteiger partial charge in [0, 0.05) is 20.7 Å². The van der Waals surface area contributed by atoms with Gasteiger partial charge in [-0.15, -0.1) is 0 Å². The molecule has 0 N–H and O–H groups in total. The van der Waals surface area contributed by atoms with Crippen LogP contribution in [0.5, 0.6) is 0 Å². The Labute approximate surface area is 189 Å². The first kappa shape index (κ1) is 28.9. The number of rotatable bonds is 15. The van der Waals surface area contributed by atoms with Crippen LogP contribution in [0.3, 0.4) is 0 Å². The van der Waals surface area contributed by atoms with E-state index in [1.54, 1.807) is 0 Å². The molecule has 28 heavy (non-hydrogen) atoms. The van der Waals surface area contributed by atoms with Crippen molar-refractivity contribution in [3.8, 4) is 0 Å². The van der Waals surface area contributed by atoms with Gasteiger partial charge in [-0.3, -0.25) is 0 Å². The Morgan fingerprint density at radius 3 is 1.11 bits per heavy atom. The van der Waals surface area contributed by atoms with Crippen LogP contribution in [0.25, 0.3) is 0 Å². The van der Waals surface area contributed by atoms with E-state index in [-0.39, 0.29) is 12.8 Å². The van der Waals surface area contributed by atoms with Crippen LogP contribution in [-0.4, -0.2) is 31.5 Å². The van der Waals surface area contributed by atoms with Gasteiger partial charge in [-0.2, -0.15) is 35.1 Å². The van der Waals surface area contributed by atoms with E-state index >= 15 is 0 Å². The van der Waals surface area contributed by atoms with Gasteiger partial charge in [-0.1, -0.05) is 97.6 Å². The van der Waals surface area contributed by atoms with E-state index < -0.39 is 44.4 Å². The molecule has 2 atom stereocenters. The Morgan fingerprint density at radius 1 is 0.571 bits per heavy atom. The predicted octanol–water partition coefficient (Wildman–Crippen LogP) is 9.08. The van der Waals surface area contributed by atoms with Gasteiger partial charge in [0.15, 0.2) is 0 Å². The van der Waals surface area contributed by atoms with Crippen molar-refractivity contribution in [2.24, 2.45) is 0 Å². The molecule has 0 aromatic carbocycles. The molecule has 0 rings (SSSR count). The zero-order valence-corrected chi connectivity index (χ0v) is 20.3. The van der Waals surface area contributed by atoms with E-state index in [0.717, 1.165) is 12.8 Å². The van der Waals surface area contributed by atoms with Gasteiger partial charge in [0.25, 0.3) is 0 Å². The SMILES string of the molecule is CCCCCC(I)CC(F)(F)C(F)(F)C(F)(F)C(F)(F)CC(I)CCCCC. The molecular formula is C18H28F8I2. The van der Waals surface area contributed by atoms with E-state index in [2.05, 4.69) is 0 Å². The summed E-state index contributed by atoms with van der Waals surface area (Å²) in [6.07, 6.45) is 1.01. The molecule has 0 aliphatic carbocycles. The summed E-state index contributed by atoms with van der Waals surface area (Å²) >= 11 is 2.97. The highest BCUT2D eigenvalue weighted by atomic mass is 127. The number of alkyl halides is 10. The van der Waals surface area contributed by atoms with E-state index in [1.807, 2.05) is 13.8 Å². The van der Waals surface area contributed by atoms with E-state index in [1.165, 1.54) is 45.2 Å². The molecule has 0 aliphatic heterocycles. The van der Waals surface area contributed by atoms with Crippen molar-refractivity contribution in [1.29, 1.82) is 0 Å². The van der Waals surface area contributed by atoms with Crippen molar-refractivity contribution in [3.05, 3.63) is 0 Å². The van der Waals surface area contributed by atoms with Gasteiger partial charge >= 0.3 is 23.7 Å². The van der Waals surface area contributed by atoms with Gasteiger partial charge < -0.3 is 0 Å². The summed E-state index contributed by atoms with van der Waals surface area (Å²) in [6.45, 7) is 3.71. The third kappa shape index (κ3) is 7.86. The maximum atomic E-state index is 14.0. The minimum Gasteiger partial charge on any atom is -0.200 e. The van der Waals surface area contributed by atoms with Crippen LogP contribution < -0.4 is 0 Å². The molecule has 170 valence electrons. The maximum absolute atomic E-state index is 14.0. The number of hydrogen-bond acceptors (Lipinski definition) is 0. The first-order valence-corrected chi connectivity index (χ1v) is 11.9. The van der Waals surface area contributed by atoms with Crippen molar-refractivity contribution in [2.45, 2.75) is 110 Å². The molecule has 10 heteroatoms. The van der Waals surface area contributed by atoms with Gasteiger partial charge in [0.1, 0.15) is 0 Å². The first-order valence-electron chi connectivity index (χ1n) is 9.45. The summed E-state index contributed by atoms with van der Waals surface area (Å²) in [5, 5.41) is 0. The fourth-order valence-electron chi connectivity index (χ4n) is 2.71. The maximum Gasteiger partial charge on any atom is 0.378 e. The summed E-state index contributed by atoms with van der Waals surface area (Å²) in [7, 11) is 0. The highest BCUT2D eigenvalue weighted by Crippen LogP contribution is 2.56. The Hall–Kier alpha value is 0.900. The van der Waals surface area contributed by atoms with E-state index in [9.17, 15) is 35.1 Å². The molecule has 0 nitrogen and oxygen atoms in total. The van der Waals surface area contributed by atoms with Crippen LogP contribution >= 0.6 is 45.2 Å². The second kappa shape index (κ2) is 12.1. The summed E-state index contributed by atoms with van der Waals surface area (Å²) < 4.78 is 110. The fraction of sp³-hybridized carbons (Fsp3) is 1.00. The minimum atomic E-state index is -6.14. The standard InChI is InChI=1S/C18H28F8I2/c1-3-5-7-9-13(27)11-15(19,20)17(23,24)18(25,26)16(21,22)12-14(28)10-8-6-4-2/h13-14H,3-12H2,1-2H3. The monoisotopic (exact) mass is 650 g/mol. The Bertz CT molecular complexity index is 403. The molecule has 0 radical (unpaired) electrons. The van der Waals surface area contributed by atoms with Gasteiger partial charge in [-0.25, -0.2) is 0 Å². The van der Waals surface area contributed by atoms with Crippen molar-refractivity contribution >= 4 is 45.2 Å². The van der Waals surface area contributed by atoms with Crippen molar-refractivity contribution in [1.82, 2.24) is 0 Å². The lowest BCUT2D eigenvalue weighted by atomic mass is 9.92. The zero-order chi connectivity index (χ0) is 22.2. The summed E-state index contributed by atoms with van der Waals surface area (Å²) in [6, 6.07) is 0. The lowest BCUT2D eigenvalue weighted by Gasteiger charge is -2.38. The normalized spacial score (nSPS) is 16.3. The fourth-order valence-corrected chi connectivity index (χ4v) is 4.69. The lowest BCUT2D eigenvalue weighted by Crippen LogP contribution is -2.62. The molecule has 0 aromatic heterocycles.